The highest BCUT2D eigenvalue weighted by Crippen LogP contribution is 2.23. The lowest BCUT2D eigenvalue weighted by Crippen LogP contribution is -2.02. The first kappa shape index (κ1) is 14.7. The second-order valence-electron chi connectivity index (χ2n) is 4.62. The fourth-order valence-electron chi connectivity index (χ4n) is 2.13. The normalized spacial score (nSPS) is 10.8. The molecule has 3 rings (SSSR count). The minimum absolute atomic E-state index is 0.242. The zero-order valence-corrected chi connectivity index (χ0v) is 14.7. The van der Waals surface area contributed by atoms with Crippen molar-refractivity contribution in [3.05, 3.63) is 74.3 Å². The van der Waals surface area contributed by atoms with Crippen LogP contribution in [-0.2, 0) is 6.54 Å². The van der Waals surface area contributed by atoms with Gasteiger partial charge in [0, 0.05) is 26.0 Å². The molecule has 3 aromatic rings. The largest absolute Gasteiger partial charge is 0.327 e. The van der Waals surface area contributed by atoms with Crippen LogP contribution in [0.15, 0.2) is 59.3 Å². The van der Waals surface area contributed by atoms with Crippen LogP contribution in [0.5, 0.6) is 0 Å². The lowest BCUT2D eigenvalue weighted by atomic mass is 10.2. The van der Waals surface area contributed by atoms with Gasteiger partial charge in [0.15, 0.2) is 0 Å². The Kier molecular flexibility index (Phi) is 4.40. The molecule has 0 fully saturated rings. The first-order valence-electron chi connectivity index (χ1n) is 6.34. The standard InChI is InChI=1S/C16H11BrFIN2/c17-15-9-13(18)4-1-12(15)10-21-8-7-20-16(21)11-2-5-14(19)6-3-11/h1-9H,10H2. The van der Waals surface area contributed by atoms with Crippen LogP contribution < -0.4 is 0 Å². The fourth-order valence-corrected chi connectivity index (χ4v) is 2.97. The second kappa shape index (κ2) is 6.27. The molecule has 1 heterocycles. The van der Waals surface area contributed by atoms with E-state index >= 15 is 0 Å². The molecule has 0 N–H and O–H groups in total. The van der Waals surface area contributed by atoms with E-state index in [0.717, 1.165) is 21.4 Å². The van der Waals surface area contributed by atoms with E-state index in [1.807, 2.05) is 6.20 Å². The van der Waals surface area contributed by atoms with Gasteiger partial charge in [0.2, 0.25) is 0 Å². The first-order valence-corrected chi connectivity index (χ1v) is 8.21. The summed E-state index contributed by atoms with van der Waals surface area (Å²) in [5.41, 5.74) is 2.08. The van der Waals surface area contributed by atoms with E-state index < -0.39 is 0 Å². The maximum Gasteiger partial charge on any atom is 0.140 e. The van der Waals surface area contributed by atoms with Gasteiger partial charge in [-0.15, -0.1) is 0 Å². The predicted octanol–water partition coefficient (Wildman–Crippen LogP) is 5.10. The van der Waals surface area contributed by atoms with Crippen molar-refractivity contribution in [1.29, 1.82) is 0 Å². The lowest BCUT2D eigenvalue weighted by molar-refractivity contribution is 0.625. The zero-order valence-electron chi connectivity index (χ0n) is 10.9. The van der Waals surface area contributed by atoms with Crippen molar-refractivity contribution in [3.63, 3.8) is 0 Å². The van der Waals surface area contributed by atoms with Gasteiger partial charge in [0.25, 0.3) is 0 Å². The predicted molar refractivity (Wildman–Crippen MR) is 93.6 cm³/mol. The summed E-state index contributed by atoms with van der Waals surface area (Å²) in [5, 5.41) is 0. The maximum atomic E-state index is 13.2. The molecule has 0 amide bonds. The van der Waals surface area contributed by atoms with Crippen LogP contribution in [0.1, 0.15) is 5.56 Å². The number of hydrogen-bond acceptors (Lipinski definition) is 1. The van der Waals surface area contributed by atoms with Crippen molar-refractivity contribution < 1.29 is 4.39 Å². The molecule has 0 aliphatic carbocycles. The molecule has 0 spiro atoms. The van der Waals surface area contributed by atoms with Crippen molar-refractivity contribution >= 4 is 38.5 Å². The number of benzene rings is 2. The van der Waals surface area contributed by atoms with Crippen LogP contribution in [0.2, 0.25) is 0 Å². The quantitative estimate of drug-likeness (QED) is 0.501. The highest BCUT2D eigenvalue weighted by atomic mass is 127. The SMILES string of the molecule is Fc1ccc(Cn2ccnc2-c2ccc(I)cc2)c(Br)c1. The highest BCUT2D eigenvalue weighted by molar-refractivity contribution is 14.1. The number of aromatic nitrogens is 2. The smallest absolute Gasteiger partial charge is 0.140 e. The Hall–Kier alpha value is -1.21. The van der Waals surface area contributed by atoms with Crippen LogP contribution in [-0.4, -0.2) is 9.55 Å². The Morgan fingerprint density at radius 1 is 1.14 bits per heavy atom. The van der Waals surface area contributed by atoms with Gasteiger partial charge in [-0.3, -0.25) is 0 Å². The molecule has 0 saturated heterocycles. The van der Waals surface area contributed by atoms with E-state index in [9.17, 15) is 4.39 Å². The third kappa shape index (κ3) is 3.35. The van der Waals surface area contributed by atoms with Crippen molar-refractivity contribution in [2.45, 2.75) is 6.54 Å². The van der Waals surface area contributed by atoms with Crippen LogP contribution in [0.25, 0.3) is 11.4 Å². The molecular weight excluding hydrogens is 446 g/mol. The molecule has 0 saturated carbocycles. The van der Waals surface area contributed by atoms with Gasteiger partial charge in [0.05, 0.1) is 6.54 Å². The van der Waals surface area contributed by atoms with Crippen LogP contribution in [0, 0.1) is 9.39 Å². The van der Waals surface area contributed by atoms with Gasteiger partial charge in [-0.2, -0.15) is 0 Å². The van der Waals surface area contributed by atoms with E-state index in [1.54, 1.807) is 12.3 Å². The minimum atomic E-state index is -0.242. The summed E-state index contributed by atoms with van der Waals surface area (Å²) < 4.78 is 17.2. The second-order valence-corrected chi connectivity index (χ2v) is 6.72. The van der Waals surface area contributed by atoms with Crippen LogP contribution in [0.3, 0.4) is 0 Å². The van der Waals surface area contributed by atoms with Gasteiger partial charge in [0.1, 0.15) is 11.6 Å². The highest BCUT2D eigenvalue weighted by Gasteiger charge is 2.08. The van der Waals surface area contributed by atoms with Gasteiger partial charge >= 0.3 is 0 Å². The molecule has 0 aliphatic rings. The van der Waals surface area contributed by atoms with Gasteiger partial charge < -0.3 is 4.57 Å². The van der Waals surface area contributed by atoms with E-state index in [2.05, 4.69) is 72.3 Å². The van der Waals surface area contributed by atoms with E-state index in [4.69, 9.17) is 0 Å². The monoisotopic (exact) mass is 456 g/mol. The summed E-state index contributed by atoms with van der Waals surface area (Å²) in [7, 11) is 0. The molecule has 0 bridgehead atoms. The fraction of sp³-hybridized carbons (Fsp3) is 0.0625. The number of hydrogen-bond donors (Lipinski definition) is 0. The summed E-state index contributed by atoms with van der Waals surface area (Å²) in [5.74, 6) is 0.664. The lowest BCUT2D eigenvalue weighted by Gasteiger charge is -2.10. The summed E-state index contributed by atoms with van der Waals surface area (Å²) >= 11 is 5.69. The summed E-state index contributed by atoms with van der Waals surface area (Å²) in [6.45, 7) is 0.641. The van der Waals surface area contributed by atoms with Gasteiger partial charge in [-0.1, -0.05) is 34.1 Å². The van der Waals surface area contributed by atoms with Crippen molar-refractivity contribution in [1.82, 2.24) is 9.55 Å². The number of imidazole rings is 1. The zero-order chi connectivity index (χ0) is 14.8. The Morgan fingerprint density at radius 3 is 2.62 bits per heavy atom. The van der Waals surface area contributed by atoms with Gasteiger partial charge in [-0.25, -0.2) is 9.37 Å². The average Bonchev–Trinajstić information content (AvgIpc) is 2.91. The number of rotatable bonds is 3. The Balaban J connectivity index is 1.94. The molecule has 21 heavy (non-hydrogen) atoms. The van der Waals surface area contributed by atoms with Crippen LogP contribution >= 0.6 is 38.5 Å². The van der Waals surface area contributed by atoms with Crippen molar-refractivity contribution in [2.75, 3.05) is 0 Å². The molecule has 0 unspecified atom stereocenters. The number of halogens is 3. The Bertz CT molecular complexity index is 768. The van der Waals surface area contributed by atoms with Gasteiger partial charge in [-0.05, 0) is 52.4 Å². The Labute approximate surface area is 144 Å². The molecule has 2 nitrogen and oxygen atoms in total. The molecule has 0 atom stereocenters. The average molecular weight is 457 g/mol. The number of nitrogens with zero attached hydrogens (tertiary/aromatic N) is 2. The van der Waals surface area contributed by atoms with E-state index in [1.165, 1.54) is 15.7 Å². The first-order chi connectivity index (χ1) is 10.1. The third-order valence-corrected chi connectivity index (χ3v) is 4.63. The van der Waals surface area contributed by atoms with Crippen molar-refractivity contribution in [2.24, 2.45) is 0 Å². The summed E-state index contributed by atoms with van der Waals surface area (Å²) in [6.07, 6.45) is 3.72. The topological polar surface area (TPSA) is 17.8 Å². The minimum Gasteiger partial charge on any atom is -0.327 e. The molecule has 1 aromatic heterocycles. The molecule has 0 aliphatic heterocycles. The summed E-state index contributed by atoms with van der Waals surface area (Å²) in [4.78, 5) is 4.43. The molecule has 2 aromatic carbocycles. The molecule has 0 radical (unpaired) electrons. The van der Waals surface area contributed by atoms with E-state index in [-0.39, 0.29) is 5.82 Å². The summed E-state index contributed by atoms with van der Waals surface area (Å²) in [6, 6.07) is 13.0. The Morgan fingerprint density at radius 2 is 1.90 bits per heavy atom. The maximum absolute atomic E-state index is 13.2. The molecule has 5 heteroatoms. The molecular formula is C16H11BrFIN2. The van der Waals surface area contributed by atoms with Crippen molar-refractivity contribution in [3.8, 4) is 11.4 Å². The van der Waals surface area contributed by atoms with E-state index in [0.29, 0.717) is 6.54 Å². The third-order valence-electron chi connectivity index (χ3n) is 3.17. The molecule has 106 valence electrons. The van der Waals surface area contributed by atoms with Crippen LogP contribution in [0.4, 0.5) is 4.39 Å².